The van der Waals surface area contributed by atoms with Crippen LogP contribution in [0.2, 0.25) is 0 Å². The lowest BCUT2D eigenvalue weighted by atomic mass is 10.3. The third-order valence-corrected chi connectivity index (χ3v) is 4.25. The van der Waals surface area contributed by atoms with Gasteiger partial charge in [-0.3, -0.25) is 9.58 Å². The largest absolute Gasteiger partial charge is 0.469 e. The zero-order chi connectivity index (χ0) is 18.0. The quantitative estimate of drug-likeness (QED) is 0.506. The molecule has 3 heterocycles. The molecule has 2 aromatic heterocycles. The molecule has 0 unspecified atom stereocenters. The lowest BCUT2D eigenvalue weighted by Crippen LogP contribution is -2.44. The van der Waals surface area contributed by atoms with Gasteiger partial charge in [0.2, 0.25) is 0 Å². The fourth-order valence-corrected chi connectivity index (χ4v) is 2.70. The van der Waals surface area contributed by atoms with E-state index in [1.807, 2.05) is 19.2 Å². The summed E-state index contributed by atoms with van der Waals surface area (Å²) in [5.74, 6) is 2.55. The summed E-state index contributed by atoms with van der Waals surface area (Å²) in [4.78, 5) is 11.2. The van der Waals surface area contributed by atoms with Crippen molar-refractivity contribution in [2.45, 2.75) is 13.0 Å². The van der Waals surface area contributed by atoms with E-state index in [1.54, 1.807) is 17.3 Å². The van der Waals surface area contributed by atoms with Crippen LogP contribution in [0.1, 0.15) is 11.6 Å². The number of rotatable bonds is 8. The van der Waals surface area contributed by atoms with Crippen molar-refractivity contribution in [3.8, 4) is 0 Å². The predicted molar refractivity (Wildman–Crippen MR) is 97.8 cm³/mol. The fourth-order valence-electron chi connectivity index (χ4n) is 2.70. The highest BCUT2D eigenvalue weighted by Gasteiger charge is 2.10. The second kappa shape index (κ2) is 9.93. The summed E-state index contributed by atoms with van der Waals surface area (Å²) in [7, 11) is 1.87. The van der Waals surface area contributed by atoms with E-state index in [0.29, 0.717) is 6.54 Å². The minimum Gasteiger partial charge on any atom is -0.469 e. The number of aliphatic imine (C=N–C) groups is 1. The van der Waals surface area contributed by atoms with Gasteiger partial charge in [0.15, 0.2) is 5.96 Å². The number of aromatic nitrogens is 3. The first kappa shape index (κ1) is 18.4. The first-order chi connectivity index (χ1) is 12.8. The van der Waals surface area contributed by atoms with E-state index in [-0.39, 0.29) is 0 Å². The van der Waals surface area contributed by atoms with Crippen molar-refractivity contribution >= 4 is 5.96 Å². The maximum atomic E-state index is 5.38. The molecular formula is C17H27N7O2. The van der Waals surface area contributed by atoms with Gasteiger partial charge < -0.3 is 19.8 Å². The van der Waals surface area contributed by atoms with Gasteiger partial charge in [-0.05, 0) is 12.1 Å². The highest BCUT2D eigenvalue weighted by molar-refractivity contribution is 5.79. The maximum Gasteiger partial charge on any atom is 0.191 e. The fraction of sp³-hybridized carbons (Fsp3) is 0.588. The average molecular weight is 361 g/mol. The number of nitrogens with zero attached hydrogens (tertiary/aromatic N) is 5. The number of furan rings is 1. The van der Waals surface area contributed by atoms with Crippen LogP contribution in [0, 0.1) is 0 Å². The van der Waals surface area contributed by atoms with Gasteiger partial charge in [0.1, 0.15) is 24.5 Å². The van der Waals surface area contributed by atoms with Gasteiger partial charge in [-0.2, -0.15) is 5.10 Å². The molecule has 1 fully saturated rings. The van der Waals surface area contributed by atoms with Crippen LogP contribution in [0.15, 0.2) is 34.1 Å². The number of aryl methyl sites for hydroxylation is 1. The topological polar surface area (TPSA) is 92.7 Å². The van der Waals surface area contributed by atoms with Gasteiger partial charge in [0.05, 0.1) is 19.5 Å². The zero-order valence-corrected chi connectivity index (χ0v) is 15.2. The van der Waals surface area contributed by atoms with Crippen LogP contribution in [0.25, 0.3) is 0 Å². The molecular weight excluding hydrogens is 334 g/mol. The molecule has 2 N–H and O–H groups in total. The Kier molecular flexibility index (Phi) is 7.03. The maximum absolute atomic E-state index is 5.38. The molecule has 0 atom stereocenters. The van der Waals surface area contributed by atoms with Gasteiger partial charge in [-0.1, -0.05) is 0 Å². The SMILES string of the molecule is Cn1ncnc1CN=C(NCCc1ccco1)NCCN1CCOCC1. The second-order valence-corrected chi connectivity index (χ2v) is 6.10. The van der Waals surface area contributed by atoms with Gasteiger partial charge in [-0.25, -0.2) is 9.98 Å². The number of guanidine groups is 1. The molecule has 3 rings (SSSR count). The number of hydrogen-bond donors (Lipinski definition) is 2. The Morgan fingerprint density at radius 1 is 1.27 bits per heavy atom. The first-order valence-electron chi connectivity index (χ1n) is 8.99. The Balaban J connectivity index is 1.48. The molecule has 0 aliphatic carbocycles. The van der Waals surface area contributed by atoms with E-state index in [2.05, 4.69) is 30.6 Å². The molecule has 9 nitrogen and oxygen atoms in total. The smallest absolute Gasteiger partial charge is 0.191 e. The van der Waals surface area contributed by atoms with Crippen molar-refractivity contribution in [2.75, 3.05) is 45.9 Å². The summed E-state index contributed by atoms with van der Waals surface area (Å²) < 4.78 is 12.5. The van der Waals surface area contributed by atoms with E-state index in [1.165, 1.54) is 0 Å². The summed E-state index contributed by atoms with van der Waals surface area (Å²) in [5.41, 5.74) is 0. The Hall–Kier alpha value is -2.39. The summed E-state index contributed by atoms with van der Waals surface area (Å²) in [5, 5.41) is 10.8. The summed E-state index contributed by atoms with van der Waals surface area (Å²) in [6.07, 6.45) is 4.04. The number of morpholine rings is 1. The first-order valence-corrected chi connectivity index (χ1v) is 8.99. The molecule has 0 radical (unpaired) electrons. The van der Waals surface area contributed by atoms with Crippen molar-refractivity contribution in [3.63, 3.8) is 0 Å². The summed E-state index contributed by atoms with van der Waals surface area (Å²) in [6.45, 7) is 6.61. The standard InChI is InChI=1S/C17H27N7O2/c1-23-16(21-14-22-23)13-20-17(18-5-4-15-3-2-10-26-15)19-6-7-24-8-11-25-12-9-24/h2-3,10,14H,4-9,11-13H2,1H3,(H2,18,19,20). The van der Waals surface area contributed by atoms with Crippen LogP contribution >= 0.6 is 0 Å². The molecule has 0 amide bonds. The number of hydrogen-bond acceptors (Lipinski definition) is 6. The normalized spacial score (nSPS) is 16.0. The lowest BCUT2D eigenvalue weighted by molar-refractivity contribution is 0.0389. The highest BCUT2D eigenvalue weighted by atomic mass is 16.5. The molecule has 1 aliphatic rings. The van der Waals surface area contributed by atoms with Crippen LogP contribution in [-0.2, 0) is 24.8 Å². The third kappa shape index (κ3) is 5.85. The van der Waals surface area contributed by atoms with E-state index >= 15 is 0 Å². The summed E-state index contributed by atoms with van der Waals surface area (Å²) >= 11 is 0. The van der Waals surface area contributed by atoms with Crippen molar-refractivity contribution in [3.05, 3.63) is 36.3 Å². The minimum absolute atomic E-state index is 0.476. The lowest BCUT2D eigenvalue weighted by Gasteiger charge is -2.26. The van der Waals surface area contributed by atoms with Gasteiger partial charge >= 0.3 is 0 Å². The van der Waals surface area contributed by atoms with Crippen LogP contribution < -0.4 is 10.6 Å². The molecule has 0 saturated carbocycles. The van der Waals surface area contributed by atoms with Crippen molar-refractivity contribution < 1.29 is 9.15 Å². The average Bonchev–Trinajstić information content (AvgIpc) is 3.32. The third-order valence-electron chi connectivity index (χ3n) is 4.25. The zero-order valence-electron chi connectivity index (χ0n) is 15.2. The van der Waals surface area contributed by atoms with E-state index < -0.39 is 0 Å². The highest BCUT2D eigenvalue weighted by Crippen LogP contribution is 2.00. The van der Waals surface area contributed by atoms with E-state index in [0.717, 1.165) is 69.9 Å². The Morgan fingerprint density at radius 3 is 2.85 bits per heavy atom. The monoisotopic (exact) mass is 361 g/mol. The van der Waals surface area contributed by atoms with Crippen LogP contribution in [0.5, 0.6) is 0 Å². The van der Waals surface area contributed by atoms with Crippen LogP contribution in [-0.4, -0.2) is 71.6 Å². The molecule has 2 aromatic rings. The van der Waals surface area contributed by atoms with Crippen molar-refractivity contribution in [1.82, 2.24) is 30.3 Å². The van der Waals surface area contributed by atoms with Gasteiger partial charge in [-0.15, -0.1) is 0 Å². The molecule has 26 heavy (non-hydrogen) atoms. The molecule has 0 bridgehead atoms. The molecule has 1 saturated heterocycles. The molecule has 142 valence electrons. The molecule has 0 spiro atoms. The molecule has 9 heteroatoms. The van der Waals surface area contributed by atoms with Crippen molar-refractivity contribution in [1.29, 1.82) is 0 Å². The second-order valence-electron chi connectivity index (χ2n) is 6.10. The molecule has 0 aromatic carbocycles. The number of nitrogens with one attached hydrogen (secondary N) is 2. The minimum atomic E-state index is 0.476. The van der Waals surface area contributed by atoms with Crippen molar-refractivity contribution in [2.24, 2.45) is 12.0 Å². The predicted octanol–water partition coefficient (Wildman–Crippen LogP) is 0.0182. The van der Waals surface area contributed by atoms with E-state index in [4.69, 9.17) is 9.15 Å². The molecule has 1 aliphatic heterocycles. The number of ether oxygens (including phenoxy) is 1. The Bertz CT molecular complexity index is 662. The summed E-state index contributed by atoms with van der Waals surface area (Å²) in [6, 6.07) is 3.88. The van der Waals surface area contributed by atoms with Gasteiger partial charge in [0.25, 0.3) is 0 Å². The van der Waals surface area contributed by atoms with Crippen LogP contribution in [0.4, 0.5) is 0 Å². The van der Waals surface area contributed by atoms with E-state index in [9.17, 15) is 0 Å². The Labute approximate surface area is 153 Å². The van der Waals surface area contributed by atoms with Crippen LogP contribution in [0.3, 0.4) is 0 Å². The van der Waals surface area contributed by atoms with Gasteiger partial charge in [0, 0.05) is 46.2 Å². The Morgan fingerprint density at radius 2 is 2.12 bits per heavy atom.